The molecule has 2 rings (SSSR count). The van der Waals surface area contributed by atoms with Crippen LogP contribution in [0.2, 0.25) is 0 Å². The van der Waals surface area contributed by atoms with E-state index in [1.165, 1.54) is 6.07 Å². The van der Waals surface area contributed by atoms with Gasteiger partial charge >= 0.3 is 0 Å². The topological polar surface area (TPSA) is 102 Å². The van der Waals surface area contributed by atoms with Crippen LogP contribution in [0.1, 0.15) is 18.4 Å². The van der Waals surface area contributed by atoms with Gasteiger partial charge in [-0.3, -0.25) is 19.8 Å². The third kappa shape index (κ3) is 4.51. The lowest BCUT2D eigenvalue weighted by Gasteiger charge is -2.29. The standard InChI is InChI=1S/C14H20N4O3/c15-12-5-7-17(8-6-12)10-14(19)16-9-11-3-1-2-4-13(11)18(20)21/h1-4,12H,5-10,15H2,(H,16,19). The van der Waals surface area contributed by atoms with E-state index in [1.807, 2.05) is 0 Å². The average molecular weight is 292 g/mol. The highest BCUT2D eigenvalue weighted by molar-refractivity contribution is 5.78. The van der Waals surface area contributed by atoms with Crippen LogP contribution in [0.25, 0.3) is 0 Å². The van der Waals surface area contributed by atoms with Crippen LogP contribution in [0.4, 0.5) is 5.69 Å². The Morgan fingerprint density at radius 1 is 1.38 bits per heavy atom. The van der Waals surface area contributed by atoms with Crippen LogP contribution in [0.5, 0.6) is 0 Å². The van der Waals surface area contributed by atoms with Gasteiger partial charge in [0, 0.05) is 37.3 Å². The Morgan fingerprint density at radius 3 is 2.71 bits per heavy atom. The maximum Gasteiger partial charge on any atom is 0.274 e. The summed E-state index contributed by atoms with van der Waals surface area (Å²) in [4.78, 5) is 24.4. The quantitative estimate of drug-likeness (QED) is 0.612. The van der Waals surface area contributed by atoms with Gasteiger partial charge in [-0.1, -0.05) is 18.2 Å². The number of benzene rings is 1. The third-order valence-corrected chi connectivity index (χ3v) is 3.66. The van der Waals surface area contributed by atoms with E-state index >= 15 is 0 Å². The van der Waals surface area contributed by atoms with Crippen LogP contribution < -0.4 is 11.1 Å². The minimum atomic E-state index is -0.437. The predicted octanol–water partition coefficient (Wildman–Crippen LogP) is 0.634. The Hall–Kier alpha value is -1.99. The molecule has 3 N–H and O–H groups in total. The number of amides is 1. The van der Waals surface area contributed by atoms with Crippen molar-refractivity contribution in [3.05, 3.63) is 39.9 Å². The minimum Gasteiger partial charge on any atom is -0.351 e. The Morgan fingerprint density at radius 2 is 2.05 bits per heavy atom. The van der Waals surface area contributed by atoms with E-state index in [0.717, 1.165) is 25.9 Å². The van der Waals surface area contributed by atoms with Gasteiger partial charge in [0.05, 0.1) is 11.5 Å². The molecule has 0 aromatic heterocycles. The number of nitrogens with zero attached hydrogens (tertiary/aromatic N) is 2. The molecule has 1 aliphatic heterocycles. The number of nitrogens with two attached hydrogens (primary N) is 1. The number of nitrogens with one attached hydrogen (secondary N) is 1. The zero-order valence-electron chi connectivity index (χ0n) is 11.8. The highest BCUT2D eigenvalue weighted by atomic mass is 16.6. The van der Waals surface area contributed by atoms with Crippen molar-refractivity contribution in [1.29, 1.82) is 0 Å². The smallest absolute Gasteiger partial charge is 0.274 e. The average Bonchev–Trinajstić information content (AvgIpc) is 2.48. The third-order valence-electron chi connectivity index (χ3n) is 3.66. The van der Waals surface area contributed by atoms with Crippen molar-refractivity contribution in [2.24, 2.45) is 5.73 Å². The van der Waals surface area contributed by atoms with E-state index in [4.69, 9.17) is 5.73 Å². The highest BCUT2D eigenvalue weighted by Crippen LogP contribution is 2.17. The molecule has 0 unspecified atom stereocenters. The summed E-state index contributed by atoms with van der Waals surface area (Å²) in [7, 11) is 0. The second-order valence-corrected chi connectivity index (χ2v) is 5.28. The van der Waals surface area contributed by atoms with Crippen LogP contribution in [0.15, 0.2) is 24.3 Å². The highest BCUT2D eigenvalue weighted by Gasteiger charge is 2.18. The molecule has 0 saturated carbocycles. The van der Waals surface area contributed by atoms with Gasteiger partial charge in [-0.15, -0.1) is 0 Å². The molecule has 114 valence electrons. The molecule has 0 atom stereocenters. The molecule has 21 heavy (non-hydrogen) atoms. The lowest BCUT2D eigenvalue weighted by Crippen LogP contribution is -2.44. The van der Waals surface area contributed by atoms with Crippen LogP contribution >= 0.6 is 0 Å². The van der Waals surface area contributed by atoms with Crippen molar-refractivity contribution in [3.63, 3.8) is 0 Å². The van der Waals surface area contributed by atoms with Gasteiger partial charge < -0.3 is 11.1 Å². The molecule has 0 bridgehead atoms. The lowest BCUT2D eigenvalue weighted by atomic mass is 10.1. The van der Waals surface area contributed by atoms with Crippen LogP contribution in [-0.4, -0.2) is 41.4 Å². The molecule has 7 heteroatoms. The number of carbonyl (C=O) groups is 1. The Labute approximate surface area is 123 Å². The summed E-state index contributed by atoms with van der Waals surface area (Å²) in [6.45, 7) is 2.12. The van der Waals surface area contributed by atoms with Gasteiger partial charge in [-0.05, 0) is 12.8 Å². The van der Waals surface area contributed by atoms with Gasteiger partial charge in [0.15, 0.2) is 0 Å². The largest absolute Gasteiger partial charge is 0.351 e. The fraction of sp³-hybridized carbons (Fsp3) is 0.500. The van der Waals surface area contributed by atoms with Crippen molar-refractivity contribution in [2.45, 2.75) is 25.4 Å². The zero-order valence-corrected chi connectivity index (χ0v) is 11.8. The fourth-order valence-electron chi connectivity index (χ4n) is 2.40. The monoisotopic (exact) mass is 292 g/mol. The van der Waals surface area contributed by atoms with Crippen molar-refractivity contribution in [1.82, 2.24) is 10.2 Å². The number of likely N-dealkylation sites (tertiary alicyclic amines) is 1. The second kappa shape index (κ2) is 7.14. The van der Waals surface area contributed by atoms with Crippen molar-refractivity contribution in [3.8, 4) is 0 Å². The van der Waals surface area contributed by atoms with E-state index in [2.05, 4.69) is 10.2 Å². The molecule has 0 aliphatic carbocycles. The molecule has 0 spiro atoms. The van der Waals surface area contributed by atoms with E-state index in [1.54, 1.807) is 18.2 Å². The molecular weight excluding hydrogens is 272 g/mol. The van der Waals surface area contributed by atoms with Crippen molar-refractivity contribution < 1.29 is 9.72 Å². The molecule has 7 nitrogen and oxygen atoms in total. The molecule has 1 saturated heterocycles. The summed E-state index contributed by atoms with van der Waals surface area (Å²) in [5, 5.41) is 13.6. The predicted molar refractivity (Wildman–Crippen MR) is 78.6 cm³/mol. The maximum atomic E-state index is 11.9. The second-order valence-electron chi connectivity index (χ2n) is 5.28. The first kappa shape index (κ1) is 15.4. The van der Waals surface area contributed by atoms with Crippen LogP contribution in [0.3, 0.4) is 0 Å². The number of nitro benzene ring substituents is 1. The number of hydrogen-bond donors (Lipinski definition) is 2. The van der Waals surface area contributed by atoms with Gasteiger partial charge in [0.1, 0.15) is 0 Å². The molecule has 1 aromatic rings. The number of nitro groups is 1. The van der Waals surface area contributed by atoms with E-state index < -0.39 is 4.92 Å². The zero-order chi connectivity index (χ0) is 15.2. The van der Waals surface area contributed by atoms with Crippen LogP contribution in [0, 0.1) is 10.1 Å². The molecule has 1 amide bonds. The summed E-state index contributed by atoms with van der Waals surface area (Å²) >= 11 is 0. The normalized spacial score (nSPS) is 16.6. The molecule has 1 heterocycles. The van der Waals surface area contributed by atoms with Gasteiger partial charge in [0.2, 0.25) is 5.91 Å². The summed E-state index contributed by atoms with van der Waals surface area (Å²) in [5.41, 5.74) is 6.36. The fourth-order valence-corrected chi connectivity index (χ4v) is 2.40. The van der Waals surface area contributed by atoms with Gasteiger partial charge in [-0.25, -0.2) is 0 Å². The number of piperidine rings is 1. The molecule has 1 fully saturated rings. The first-order chi connectivity index (χ1) is 10.1. The summed E-state index contributed by atoms with van der Waals surface area (Å²) < 4.78 is 0. The summed E-state index contributed by atoms with van der Waals surface area (Å²) in [6, 6.07) is 6.66. The minimum absolute atomic E-state index is 0.0294. The summed E-state index contributed by atoms with van der Waals surface area (Å²) in [6.07, 6.45) is 1.80. The molecular formula is C14H20N4O3. The summed E-state index contributed by atoms with van der Waals surface area (Å²) in [5.74, 6) is -0.122. The number of hydrogen-bond acceptors (Lipinski definition) is 5. The first-order valence-electron chi connectivity index (χ1n) is 7.03. The SMILES string of the molecule is NC1CCN(CC(=O)NCc2ccccc2[N+](=O)[O-])CC1. The molecule has 0 radical (unpaired) electrons. The molecule has 1 aliphatic rings. The Kier molecular flexibility index (Phi) is 5.24. The number of para-hydroxylation sites is 1. The van der Waals surface area contributed by atoms with Gasteiger partial charge in [-0.2, -0.15) is 0 Å². The lowest BCUT2D eigenvalue weighted by molar-refractivity contribution is -0.385. The van der Waals surface area contributed by atoms with Gasteiger partial charge in [0.25, 0.3) is 5.69 Å². The van der Waals surface area contributed by atoms with E-state index in [-0.39, 0.29) is 24.2 Å². The number of carbonyl (C=O) groups excluding carboxylic acids is 1. The number of rotatable bonds is 5. The Balaban J connectivity index is 1.83. The van der Waals surface area contributed by atoms with Crippen LogP contribution in [-0.2, 0) is 11.3 Å². The van der Waals surface area contributed by atoms with E-state index in [0.29, 0.717) is 12.1 Å². The Bertz CT molecular complexity index is 513. The molecule has 1 aromatic carbocycles. The van der Waals surface area contributed by atoms with Crippen molar-refractivity contribution in [2.75, 3.05) is 19.6 Å². The van der Waals surface area contributed by atoms with E-state index in [9.17, 15) is 14.9 Å². The van der Waals surface area contributed by atoms with Crippen molar-refractivity contribution >= 4 is 11.6 Å². The first-order valence-corrected chi connectivity index (χ1v) is 7.03. The maximum absolute atomic E-state index is 11.9.